The van der Waals surface area contributed by atoms with Gasteiger partial charge in [-0.15, -0.1) is 0 Å². The number of pyridine rings is 1. The molecule has 0 saturated carbocycles. The van der Waals surface area contributed by atoms with E-state index < -0.39 is 6.10 Å². The van der Waals surface area contributed by atoms with Gasteiger partial charge >= 0.3 is 0 Å². The average Bonchev–Trinajstić information content (AvgIpc) is 2.62. The lowest BCUT2D eigenvalue weighted by Gasteiger charge is -2.33. The highest BCUT2D eigenvalue weighted by molar-refractivity contribution is 6.31. The van der Waals surface area contributed by atoms with Gasteiger partial charge in [0.2, 0.25) is 0 Å². The molecule has 1 fully saturated rings. The number of hydrogen-bond donors (Lipinski definition) is 2. The van der Waals surface area contributed by atoms with E-state index in [0.29, 0.717) is 17.6 Å². The van der Waals surface area contributed by atoms with Crippen LogP contribution in [0.3, 0.4) is 0 Å². The van der Waals surface area contributed by atoms with Gasteiger partial charge in [0.25, 0.3) is 0 Å². The molecule has 2 heterocycles. The second-order valence-electron chi connectivity index (χ2n) is 6.36. The van der Waals surface area contributed by atoms with Crippen molar-refractivity contribution in [3.8, 4) is 0 Å². The molecular formula is C19H24ClN3O. The molecule has 0 radical (unpaired) electrons. The minimum absolute atomic E-state index is 0.451. The zero-order valence-electron chi connectivity index (χ0n) is 13.7. The molecule has 24 heavy (non-hydrogen) atoms. The Labute approximate surface area is 148 Å². The molecule has 1 aromatic carbocycles. The van der Waals surface area contributed by atoms with Crippen molar-refractivity contribution in [1.82, 2.24) is 15.2 Å². The van der Waals surface area contributed by atoms with Crippen molar-refractivity contribution in [3.63, 3.8) is 0 Å². The van der Waals surface area contributed by atoms with Gasteiger partial charge in [0.05, 0.1) is 6.10 Å². The van der Waals surface area contributed by atoms with E-state index in [4.69, 9.17) is 11.6 Å². The Balaban J connectivity index is 1.42. The van der Waals surface area contributed by atoms with Crippen LogP contribution in [0.1, 0.15) is 30.1 Å². The van der Waals surface area contributed by atoms with Crippen molar-refractivity contribution in [2.75, 3.05) is 19.6 Å². The Morgan fingerprint density at radius 2 is 2.00 bits per heavy atom. The van der Waals surface area contributed by atoms with E-state index in [1.807, 2.05) is 42.7 Å². The predicted molar refractivity (Wildman–Crippen MR) is 97.0 cm³/mol. The van der Waals surface area contributed by atoms with E-state index >= 15 is 0 Å². The zero-order chi connectivity index (χ0) is 16.8. The Kier molecular flexibility index (Phi) is 6.21. The minimum Gasteiger partial charge on any atom is -0.387 e. The quantitative estimate of drug-likeness (QED) is 0.845. The van der Waals surface area contributed by atoms with Crippen molar-refractivity contribution < 1.29 is 5.11 Å². The van der Waals surface area contributed by atoms with Crippen molar-refractivity contribution in [3.05, 3.63) is 64.9 Å². The number of piperidine rings is 1. The summed E-state index contributed by atoms with van der Waals surface area (Å²) in [5, 5.41) is 14.4. The summed E-state index contributed by atoms with van der Waals surface area (Å²) >= 11 is 6.14. The molecule has 1 unspecified atom stereocenters. The van der Waals surface area contributed by atoms with Crippen LogP contribution in [-0.2, 0) is 6.54 Å². The highest BCUT2D eigenvalue weighted by Crippen LogP contribution is 2.22. The number of aromatic nitrogens is 1. The van der Waals surface area contributed by atoms with Crippen LogP contribution in [0.2, 0.25) is 5.02 Å². The molecule has 1 aromatic heterocycles. The molecule has 5 heteroatoms. The van der Waals surface area contributed by atoms with Crippen LogP contribution in [0.4, 0.5) is 0 Å². The molecular weight excluding hydrogens is 322 g/mol. The molecule has 0 spiro atoms. The molecule has 4 nitrogen and oxygen atoms in total. The van der Waals surface area contributed by atoms with Crippen LogP contribution in [0.25, 0.3) is 0 Å². The number of aliphatic hydroxyl groups is 1. The number of nitrogens with zero attached hydrogens (tertiary/aromatic N) is 2. The second kappa shape index (κ2) is 8.58. The van der Waals surface area contributed by atoms with Crippen molar-refractivity contribution >= 4 is 11.6 Å². The Morgan fingerprint density at radius 3 is 2.71 bits per heavy atom. The molecule has 0 aliphatic carbocycles. The first-order valence-electron chi connectivity index (χ1n) is 8.49. The zero-order valence-corrected chi connectivity index (χ0v) is 14.5. The number of nitrogens with one attached hydrogen (secondary N) is 1. The van der Waals surface area contributed by atoms with Gasteiger partial charge in [-0.25, -0.2) is 0 Å². The third-order valence-corrected chi connectivity index (χ3v) is 4.92. The number of aliphatic hydroxyl groups excluding tert-OH is 1. The molecule has 1 saturated heterocycles. The lowest BCUT2D eigenvalue weighted by Crippen LogP contribution is -2.43. The lowest BCUT2D eigenvalue weighted by atomic mass is 10.0. The molecule has 0 bridgehead atoms. The van der Waals surface area contributed by atoms with E-state index in [1.165, 1.54) is 5.56 Å². The first-order valence-corrected chi connectivity index (χ1v) is 8.87. The number of rotatable bonds is 6. The summed E-state index contributed by atoms with van der Waals surface area (Å²) in [7, 11) is 0. The fourth-order valence-electron chi connectivity index (χ4n) is 3.18. The molecule has 3 rings (SSSR count). The molecule has 1 aliphatic heterocycles. The number of benzene rings is 1. The molecule has 128 valence electrons. The van der Waals surface area contributed by atoms with Crippen LogP contribution < -0.4 is 5.32 Å². The van der Waals surface area contributed by atoms with Crippen LogP contribution in [0.15, 0.2) is 48.8 Å². The van der Waals surface area contributed by atoms with Crippen LogP contribution >= 0.6 is 11.6 Å². The molecule has 2 N–H and O–H groups in total. The van der Waals surface area contributed by atoms with Gasteiger partial charge in [-0.05, 0) is 43.6 Å². The fraction of sp³-hybridized carbons (Fsp3) is 0.421. The summed E-state index contributed by atoms with van der Waals surface area (Å²) in [5.74, 6) is 0. The predicted octanol–water partition coefficient (Wildman–Crippen LogP) is 3.02. The third-order valence-electron chi connectivity index (χ3n) is 4.58. The summed E-state index contributed by atoms with van der Waals surface area (Å²) < 4.78 is 0. The smallest absolute Gasteiger partial charge is 0.0928 e. The first-order chi connectivity index (χ1) is 11.7. The number of halogens is 1. The van der Waals surface area contributed by atoms with Crippen LogP contribution in [0.5, 0.6) is 0 Å². The van der Waals surface area contributed by atoms with Crippen molar-refractivity contribution in [1.29, 1.82) is 0 Å². The topological polar surface area (TPSA) is 48.4 Å². The van der Waals surface area contributed by atoms with Gasteiger partial charge in [0.1, 0.15) is 0 Å². The number of hydrogen-bond acceptors (Lipinski definition) is 4. The maximum atomic E-state index is 10.3. The van der Waals surface area contributed by atoms with Crippen LogP contribution in [0, 0.1) is 0 Å². The third kappa shape index (κ3) is 4.77. The first kappa shape index (κ1) is 17.4. The van der Waals surface area contributed by atoms with E-state index in [-0.39, 0.29) is 0 Å². The maximum absolute atomic E-state index is 10.3. The van der Waals surface area contributed by atoms with Gasteiger partial charge in [-0.1, -0.05) is 35.9 Å². The van der Waals surface area contributed by atoms with Crippen LogP contribution in [-0.4, -0.2) is 40.7 Å². The molecule has 1 atom stereocenters. The summed E-state index contributed by atoms with van der Waals surface area (Å²) in [4.78, 5) is 6.63. The highest BCUT2D eigenvalue weighted by atomic mass is 35.5. The molecule has 2 aromatic rings. The van der Waals surface area contributed by atoms with Crippen molar-refractivity contribution in [2.45, 2.75) is 31.5 Å². The van der Waals surface area contributed by atoms with Gasteiger partial charge < -0.3 is 10.4 Å². The van der Waals surface area contributed by atoms with Gasteiger partial charge in [0.15, 0.2) is 0 Å². The number of likely N-dealkylation sites (tertiary alicyclic amines) is 1. The summed E-state index contributed by atoms with van der Waals surface area (Å²) in [5.41, 5.74) is 2.05. The molecule has 0 amide bonds. The van der Waals surface area contributed by atoms with E-state index in [2.05, 4.69) is 21.3 Å². The summed E-state index contributed by atoms with van der Waals surface area (Å²) in [6.07, 6.45) is 5.37. The van der Waals surface area contributed by atoms with Gasteiger partial charge in [0, 0.05) is 42.1 Å². The SMILES string of the molecule is OC(CNC1CCN(Cc2cccnc2)CC1)c1ccccc1Cl. The summed E-state index contributed by atoms with van der Waals surface area (Å²) in [6, 6.07) is 12.0. The molecule has 1 aliphatic rings. The largest absolute Gasteiger partial charge is 0.387 e. The van der Waals surface area contributed by atoms with Gasteiger partial charge in [-0.3, -0.25) is 9.88 Å². The Morgan fingerprint density at radius 1 is 1.21 bits per heavy atom. The minimum atomic E-state index is -0.563. The Bertz CT molecular complexity index is 630. The monoisotopic (exact) mass is 345 g/mol. The van der Waals surface area contributed by atoms with Gasteiger partial charge in [-0.2, -0.15) is 0 Å². The van der Waals surface area contributed by atoms with E-state index in [1.54, 1.807) is 0 Å². The van der Waals surface area contributed by atoms with Crippen molar-refractivity contribution in [2.24, 2.45) is 0 Å². The standard InChI is InChI=1S/C19H24ClN3O/c20-18-6-2-1-5-17(18)19(24)13-22-16-7-10-23(11-8-16)14-15-4-3-9-21-12-15/h1-6,9,12,16,19,22,24H,7-8,10-11,13-14H2. The second-order valence-corrected chi connectivity index (χ2v) is 6.76. The average molecular weight is 346 g/mol. The van der Waals surface area contributed by atoms with E-state index in [0.717, 1.165) is 38.0 Å². The Hall–Kier alpha value is -1.46. The van der Waals surface area contributed by atoms with E-state index in [9.17, 15) is 5.11 Å². The lowest BCUT2D eigenvalue weighted by molar-refractivity contribution is 0.149. The maximum Gasteiger partial charge on any atom is 0.0928 e. The normalized spacial score (nSPS) is 17.8. The fourth-order valence-corrected chi connectivity index (χ4v) is 3.44. The summed E-state index contributed by atoms with van der Waals surface area (Å²) in [6.45, 7) is 3.63. The highest BCUT2D eigenvalue weighted by Gasteiger charge is 2.20.